The van der Waals surface area contributed by atoms with Gasteiger partial charge in [0, 0.05) is 22.7 Å². The molecule has 20 heavy (non-hydrogen) atoms. The number of pyridine rings is 1. The van der Waals surface area contributed by atoms with Crippen molar-refractivity contribution in [1.82, 2.24) is 9.61 Å². The van der Waals surface area contributed by atoms with Gasteiger partial charge in [-0.15, -0.1) is 0 Å². The van der Waals surface area contributed by atoms with Crippen LogP contribution in [0.1, 0.15) is 17.2 Å². The average Bonchev–Trinajstić information content (AvgIpc) is 2.87. The maximum atomic E-state index is 13.7. The van der Waals surface area contributed by atoms with Gasteiger partial charge in [0.05, 0.1) is 17.8 Å². The summed E-state index contributed by atoms with van der Waals surface area (Å²) in [5.74, 6) is -0.316. The molecule has 3 rings (SSSR count). The molecule has 0 amide bonds. The lowest BCUT2D eigenvalue weighted by Gasteiger charge is -2.10. The van der Waals surface area contributed by atoms with E-state index in [9.17, 15) is 9.50 Å². The van der Waals surface area contributed by atoms with Crippen molar-refractivity contribution in [3.8, 4) is 0 Å². The van der Waals surface area contributed by atoms with Crippen molar-refractivity contribution in [2.75, 3.05) is 0 Å². The average molecular weight is 335 g/mol. The molecule has 1 aromatic carbocycles. The van der Waals surface area contributed by atoms with Crippen molar-refractivity contribution in [3.63, 3.8) is 0 Å². The molecular weight excluding hydrogens is 323 g/mol. The summed E-state index contributed by atoms with van der Waals surface area (Å²) < 4.78 is 16.2. The van der Waals surface area contributed by atoms with E-state index in [1.807, 2.05) is 24.4 Å². The van der Waals surface area contributed by atoms with Gasteiger partial charge in [0.15, 0.2) is 0 Å². The maximum Gasteiger partial charge on any atom is 0.126 e. The van der Waals surface area contributed by atoms with Gasteiger partial charge in [-0.1, -0.05) is 22.0 Å². The molecule has 0 fully saturated rings. The van der Waals surface area contributed by atoms with Crippen LogP contribution in [-0.4, -0.2) is 14.7 Å². The highest BCUT2D eigenvalue weighted by molar-refractivity contribution is 9.10. The van der Waals surface area contributed by atoms with Gasteiger partial charge < -0.3 is 5.11 Å². The van der Waals surface area contributed by atoms with Crippen LogP contribution in [0.15, 0.2) is 53.3 Å². The number of aromatic nitrogens is 2. The Balaban J connectivity index is 1.93. The summed E-state index contributed by atoms with van der Waals surface area (Å²) in [6.45, 7) is 0. The van der Waals surface area contributed by atoms with Crippen molar-refractivity contribution >= 4 is 21.4 Å². The molecule has 1 unspecified atom stereocenters. The first kappa shape index (κ1) is 13.3. The van der Waals surface area contributed by atoms with Gasteiger partial charge in [-0.25, -0.2) is 8.91 Å². The van der Waals surface area contributed by atoms with Gasteiger partial charge >= 0.3 is 0 Å². The van der Waals surface area contributed by atoms with E-state index in [1.165, 1.54) is 6.07 Å². The number of rotatable bonds is 3. The first-order chi connectivity index (χ1) is 9.65. The Morgan fingerprint density at radius 1 is 1.30 bits per heavy atom. The third-order valence-corrected chi connectivity index (χ3v) is 3.73. The molecule has 0 spiro atoms. The van der Waals surface area contributed by atoms with Gasteiger partial charge in [0.2, 0.25) is 0 Å². The van der Waals surface area contributed by atoms with Crippen LogP contribution in [-0.2, 0) is 6.42 Å². The fourth-order valence-electron chi connectivity index (χ4n) is 2.23. The number of hydrogen-bond donors (Lipinski definition) is 1. The fraction of sp³-hybridized carbons (Fsp3) is 0.133. The predicted molar refractivity (Wildman–Crippen MR) is 78.0 cm³/mol. The third kappa shape index (κ3) is 2.46. The smallest absolute Gasteiger partial charge is 0.126 e. The number of fused-ring (bicyclic) bond motifs is 1. The van der Waals surface area contributed by atoms with Gasteiger partial charge in [-0.2, -0.15) is 5.10 Å². The van der Waals surface area contributed by atoms with Crippen molar-refractivity contribution in [2.45, 2.75) is 12.5 Å². The SMILES string of the molecule is OC(Cc1cc(Br)ccc1F)c1cnn2ccccc12. The molecule has 102 valence electrons. The molecule has 2 heterocycles. The molecule has 0 saturated carbocycles. The molecule has 1 N–H and O–H groups in total. The molecule has 0 radical (unpaired) electrons. The van der Waals surface area contributed by atoms with Crippen LogP contribution in [0.2, 0.25) is 0 Å². The topological polar surface area (TPSA) is 37.5 Å². The van der Waals surface area contributed by atoms with Crippen LogP contribution >= 0.6 is 15.9 Å². The van der Waals surface area contributed by atoms with Gasteiger partial charge in [0.25, 0.3) is 0 Å². The summed E-state index contributed by atoms with van der Waals surface area (Å²) in [5.41, 5.74) is 2.00. The van der Waals surface area contributed by atoms with Crippen molar-refractivity contribution in [1.29, 1.82) is 0 Å². The lowest BCUT2D eigenvalue weighted by Crippen LogP contribution is -2.03. The van der Waals surface area contributed by atoms with E-state index in [4.69, 9.17) is 0 Å². The minimum Gasteiger partial charge on any atom is -0.388 e. The van der Waals surface area contributed by atoms with E-state index in [0.717, 1.165) is 9.99 Å². The Kier molecular flexibility index (Phi) is 3.54. The second-order valence-corrected chi connectivity index (χ2v) is 5.50. The Bertz CT molecular complexity index is 756. The Morgan fingerprint density at radius 2 is 2.15 bits per heavy atom. The molecule has 1 atom stereocenters. The molecule has 0 bridgehead atoms. The van der Waals surface area contributed by atoms with Crippen molar-refractivity contribution in [3.05, 3.63) is 70.2 Å². The monoisotopic (exact) mass is 334 g/mol. The van der Waals surface area contributed by atoms with E-state index in [-0.39, 0.29) is 12.2 Å². The lowest BCUT2D eigenvalue weighted by molar-refractivity contribution is 0.178. The highest BCUT2D eigenvalue weighted by Crippen LogP contribution is 2.25. The summed E-state index contributed by atoms with van der Waals surface area (Å²) in [6, 6.07) is 10.3. The molecule has 0 aliphatic rings. The number of aliphatic hydroxyl groups is 1. The van der Waals surface area contributed by atoms with E-state index < -0.39 is 6.10 Å². The minimum atomic E-state index is -0.793. The van der Waals surface area contributed by atoms with Gasteiger partial charge in [-0.05, 0) is 35.9 Å². The fourth-order valence-corrected chi connectivity index (χ4v) is 2.64. The highest BCUT2D eigenvalue weighted by atomic mass is 79.9. The number of benzene rings is 1. The summed E-state index contributed by atoms with van der Waals surface area (Å²) >= 11 is 3.31. The van der Waals surface area contributed by atoms with E-state index in [1.54, 1.807) is 22.8 Å². The first-order valence-electron chi connectivity index (χ1n) is 6.19. The lowest BCUT2D eigenvalue weighted by atomic mass is 10.0. The minimum absolute atomic E-state index is 0.210. The van der Waals surface area contributed by atoms with Crippen LogP contribution in [0.25, 0.3) is 5.52 Å². The molecule has 0 saturated heterocycles. The van der Waals surface area contributed by atoms with Crippen LogP contribution in [0, 0.1) is 5.82 Å². The summed E-state index contributed by atoms with van der Waals surface area (Å²) in [6.07, 6.45) is 2.85. The van der Waals surface area contributed by atoms with E-state index in [0.29, 0.717) is 11.1 Å². The summed E-state index contributed by atoms with van der Waals surface area (Å²) in [4.78, 5) is 0. The summed E-state index contributed by atoms with van der Waals surface area (Å²) in [7, 11) is 0. The molecular formula is C15H12BrFN2O. The van der Waals surface area contributed by atoms with E-state index >= 15 is 0 Å². The zero-order chi connectivity index (χ0) is 14.1. The van der Waals surface area contributed by atoms with Crippen LogP contribution in [0.4, 0.5) is 4.39 Å². The van der Waals surface area contributed by atoms with Gasteiger partial charge in [-0.3, -0.25) is 0 Å². The summed E-state index contributed by atoms with van der Waals surface area (Å²) in [5, 5.41) is 14.5. The zero-order valence-corrected chi connectivity index (χ0v) is 12.1. The number of nitrogens with zero attached hydrogens (tertiary/aromatic N) is 2. The second-order valence-electron chi connectivity index (χ2n) is 4.59. The van der Waals surface area contributed by atoms with E-state index in [2.05, 4.69) is 21.0 Å². The predicted octanol–water partition coefficient (Wildman–Crippen LogP) is 3.51. The zero-order valence-electron chi connectivity index (χ0n) is 10.5. The van der Waals surface area contributed by atoms with Crippen LogP contribution in [0.5, 0.6) is 0 Å². The standard InChI is InChI=1S/C15H12BrFN2O/c16-11-4-5-13(17)10(7-11)8-15(20)12-9-18-19-6-2-1-3-14(12)19/h1-7,9,15,20H,8H2. The number of hydrogen-bond acceptors (Lipinski definition) is 2. The molecule has 3 aromatic rings. The Labute approximate surface area is 123 Å². The Morgan fingerprint density at radius 3 is 3.00 bits per heavy atom. The number of aliphatic hydroxyl groups excluding tert-OH is 1. The van der Waals surface area contributed by atoms with Crippen LogP contribution < -0.4 is 0 Å². The van der Waals surface area contributed by atoms with Crippen molar-refractivity contribution in [2.24, 2.45) is 0 Å². The Hall–Kier alpha value is -1.72. The second kappa shape index (κ2) is 5.34. The molecule has 5 heteroatoms. The molecule has 0 aliphatic carbocycles. The molecule has 2 aromatic heterocycles. The highest BCUT2D eigenvalue weighted by Gasteiger charge is 2.16. The van der Waals surface area contributed by atoms with Crippen LogP contribution in [0.3, 0.4) is 0 Å². The van der Waals surface area contributed by atoms with Crippen molar-refractivity contribution < 1.29 is 9.50 Å². The number of halogens is 2. The maximum absolute atomic E-state index is 13.7. The molecule has 0 aliphatic heterocycles. The normalized spacial score (nSPS) is 12.8. The molecule has 3 nitrogen and oxygen atoms in total. The first-order valence-corrected chi connectivity index (χ1v) is 6.99. The third-order valence-electron chi connectivity index (χ3n) is 3.24. The largest absolute Gasteiger partial charge is 0.388 e. The van der Waals surface area contributed by atoms with Gasteiger partial charge in [0.1, 0.15) is 5.82 Å². The quantitative estimate of drug-likeness (QED) is 0.795.